The van der Waals surface area contributed by atoms with E-state index in [1.807, 2.05) is 7.05 Å². The molecule has 0 aliphatic carbocycles. The Bertz CT molecular complexity index is 375. The molecule has 0 unspecified atom stereocenters. The fourth-order valence-corrected chi connectivity index (χ4v) is 1.51. The van der Waals surface area contributed by atoms with Gasteiger partial charge in [0.05, 0.1) is 6.54 Å². The smallest absolute Gasteiger partial charge is 0.179 e. The van der Waals surface area contributed by atoms with Crippen molar-refractivity contribution in [3.8, 4) is 6.19 Å². The highest BCUT2D eigenvalue weighted by Crippen LogP contribution is 2.19. The maximum atomic E-state index is 8.74. The van der Waals surface area contributed by atoms with Gasteiger partial charge >= 0.3 is 0 Å². The predicted molar refractivity (Wildman–Crippen MR) is 62.3 cm³/mol. The second kappa shape index (κ2) is 4.84. The van der Waals surface area contributed by atoms with Gasteiger partial charge in [0.25, 0.3) is 0 Å². The normalized spacial score (nSPS) is 10.1. The Labute approximate surface area is 92.1 Å². The summed E-state index contributed by atoms with van der Waals surface area (Å²) in [5.74, 6) is 0.539. The van der Waals surface area contributed by atoms with Crippen molar-refractivity contribution in [3.63, 3.8) is 0 Å². The Kier molecular flexibility index (Phi) is 3.74. The van der Waals surface area contributed by atoms with Crippen LogP contribution in [-0.2, 0) is 6.54 Å². The van der Waals surface area contributed by atoms with Crippen LogP contribution in [0.4, 0.5) is 0 Å². The third-order valence-corrected chi connectivity index (χ3v) is 2.62. The van der Waals surface area contributed by atoms with Crippen molar-refractivity contribution in [2.24, 2.45) is 0 Å². The molecule has 0 aliphatic rings. The molecule has 2 nitrogen and oxygen atoms in total. The fraction of sp³-hybridized carbons (Fsp3) is 0.462. The molecule has 0 atom stereocenters. The van der Waals surface area contributed by atoms with Crippen molar-refractivity contribution in [1.29, 1.82) is 5.26 Å². The summed E-state index contributed by atoms with van der Waals surface area (Å²) in [7, 11) is 1.81. The van der Waals surface area contributed by atoms with Crippen LogP contribution >= 0.6 is 0 Å². The van der Waals surface area contributed by atoms with Crippen LogP contribution in [-0.4, -0.2) is 11.9 Å². The highest BCUT2D eigenvalue weighted by Gasteiger charge is 2.05. The first kappa shape index (κ1) is 11.6. The van der Waals surface area contributed by atoms with Crippen LogP contribution in [0.2, 0.25) is 0 Å². The van der Waals surface area contributed by atoms with Crippen molar-refractivity contribution in [2.45, 2.75) is 33.2 Å². The molecule has 80 valence electrons. The lowest BCUT2D eigenvalue weighted by molar-refractivity contribution is 0.468. The van der Waals surface area contributed by atoms with Crippen molar-refractivity contribution < 1.29 is 0 Å². The average molecular weight is 202 g/mol. The van der Waals surface area contributed by atoms with Crippen molar-refractivity contribution in [2.75, 3.05) is 7.05 Å². The molecule has 0 fully saturated rings. The van der Waals surface area contributed by atoms with E-state index in [0.29, 0.717) is 12.5 Å². The quantitative estimate of drug-likeness (QED) is 0.556. The summed E-state index contributed by atoms with van der Waals surface area (Å²) in [4.78, 5) is 1.65. The van der Waals surface area contributed by atoms with Gasteiger partial charge in [0, 0.05) is 7.05 Å². The minimum Gasteiger partial charge on any atom is -0.309 e. The van der Waals surface area contributed by atoms with Gasteiger partial charge in [-0.1, -0.05) is 32.0 Å². The molecule has 0 aromatic heterocycles. The number of nitriles is 1. The molecular formula is C13H18N2. The van der Waals surface area contributed by atoms with E-state index in [2.05, 4.69) is 45.2 Å². The molecular weight excluding hydrogens is 184 g/mol. The number of nitrogens with zero attached hydrogens (tertiary/aromatic N) is 2. The monoisotopic (exact) mass is 202 g/mol. The van der Waals surface area contributed by atoms with Crippen molar-refractivity contribution in [1.82, 2.24) is 4.90 Å². The topological polar surface area (TPSA) is 27.0 Å². The van der Waals surface area contributed by atoms with Gasteiger partial charge in [0.1, 0.15) is 0 Å². The molecule has 0 radical (unpaired) electrons. The minimum atomic E-state index is 0.539. The Morgan fingerprint density at radius 2 is 2.07 bits per heavy atom. The summed E-state index contributed by atoms with van der Waals surface area (Å²) >= 11 is 0. The first-order valence-electron chi connectivity index (χ1n) is 5.25. The van der Waals surface area contributed by atoms with E-state index in [4.69, 9.17) is 5.26 Å². The zero-order valence-electron chi connectivity index (χ0n) is 9.91. The van der Waals surface area contributed by atoms with Gasteiger partial charge in [-0.15, -0.1) is 0 Å². The standard InChI is InChI=1S/C13H18N2/c1-10(2)12-6-5-11(3)13(7-12)8-15(4)9-14/h5-7,10H,8H2,1-4H3. The second-order valence-electron chi connectivity index (χ2n) is 4.30. The molecule has 0 spiro atoms. The fourth-order valence-electron chi connectivity index (χ4n) is 1.51. The molecule has 0 heterocycles. The highest BCUT2D eigenvalue weighted by atomic mass is 15.1. The van der Waals surface area contributed by atoms with Crippen LogP contribution in [0.1, 0.15) is 36.5 Å². The highest BCUT2D eigenvalue weighted by molar-refractivity contribution is 5.32. The molecule has 0 saturated heterocycles. The van der Waals surface area contributed by atoms with E-state index in [-0.39, 0.29) is 0 Å². The Hall–Kier alpha value is -1.49. The number of hydrogen-bond donors (Lipinski definition) is 0. The van der Waals surface area contributed by atoms with E-state index in [0.717, 1.165) is 0 Å². The van der Waals surface area contributed by atoms with Gasteiger partial charge < -0.3 is 4.90 Å². The molecule has 0 amide bonds. The second-order valence-corrected chi connectivity index (χ2v) is 4.30. The number of aryl methyl sites for hydroxylation is 1. The first-order chi connectivity index (χ1) is 7.04. The molecule has 1 aromatic carbocycles. The van der Waals surface area contributed by atoms with Crippen LogP contribution < -0.4 is 0 Å². The van der Waals surface area contributed by atoms with Crippen molar-refractivity contribution >= 4 is 0 Å². The van der Waals surface area contributed by atoms with Crippen LogP contribution in [0.25, 0.3) is 0 Å². The van der Waals surface area contributed by atoms with Crippen LogP contribution in [0.5, 0.6) is 0 Å². The molecule has 0 N–H and O–H groups in total. The number of benzene rings is 1. The van der Waals surface area contributed by atoms with Gasteiger partial charge in [-0.2, -0.15) is 5.26 Å². The van der Waals surface area contributed by atoms with E-state index >= 15 is 0 Å². The third kappa shape index (κ3) is 2.99. The minimum absolute atomic E-state index is 0.539. The average Bonchev–Trinajstić information content (AvgIpc) is 2.20. The van der Waals surface area contributed by atoms with E-state index < -0.39 is 0 Å². The lowest BCUT2D eigenvalue weighted by Crippen LogP contribution is -2.11. The summed E-state index contributed by atoms with van der Waals surface area (Å²) in [5.41, 5.74) is 3.83. The predicted octanol–water partition coefficient (Wildman–Crippen LogP) is 3.03. The summed E-state index contributed by atoms with van der Waals surface area (Å²) in [6.45, 7) is 7.15. The molecule has 1 aromatic rings. The third-order valence-electron chi connectivity index (χ3n) is 2.62. The van der Waals surface area contributed by atoms with E-state index in [1.54, 1.807) is 4.90 Å². The molecule has 15 heavy (non-hydrogen) atoms. The van der Waals surface area contributed by atoms with Crippen molar-refractivity contribution in [3.05, 3.63) is 34.9 Å². The Morgan fingerprint density at radius 1 is 1.40 bits per heavy atom. The molecule has 0 bridgehead atoms. The van der Waals surface area contributed by atoms with Gasteiger partial charge in [-0.25, -0.2) is 0 Å². The maximum absolute atomic E-state index is 8.74. The summed E-state index contributed by atoms with van der Waals surface area (Å²) < 4.78 is 0. The SMILES string of the molecule is Cc1ccc(C(C)C)cc1CN(C)C#N. The number of rotatable bonds is 3. The zero-order valence-corrected chi connectivity index (χ0v) is 9.91. The van der Waals surface area contributed by atoms with Crippen LogP contribution in [0.15, 0.2) is 18.2 Å². The van der Waals surface area contributed by atoms with Crippen LogP contribution in [0.3, 0.4) is 0 Å². The van der Waals surface area contributed by atoms with E-state index in [1.165, 1.54) is 16.7 Å². The van der Waals surface area contributed by atoms with Gasteiger partial charge in [-0.05, 0) is 29.5 Å². The lowest BCUT2D eigenvalue weighted by Gasteiger charge is -2.14. The lowest BCUT2D eigenvalue weighted by atomic mass is 9.98. The van der Waals surface area contributed by atoms with Crippen LogP contribution in [0, 0.1) is 18.4 Å². The number of hydrogen-bond acceptors (Lipinski definition) is 2. The van der Waals surface area contributed by atoms with Gasteiger partial charge in [-0.3, -0.25) is 0 Å². The Morgan fingerprint density at radius 3 is 2.60 bits per heavy atom. The zero-order chi connectivity index (χ0) is 11.4. The first-order valence-corrected chi connectivity index (χ1v) is 5.25. The summed E-state index contributed by atoms with van der Waals surface area (Å²) in [6, 6.07) is 6.50. The molecule has 0 saturated carbocycles. The summed E-state index contributed by atoms with van der Waals surface area (Å²) in [5, 5.41) is 8.74. The molecule has 1 rings (SSSR count). The maximum Gasteiger partial charge on any atom is 0.179 e. The van der Waals surface area contributed by atoms with E-state index in [9.17, 15) is 0 Å². The molecule has 2 heteroatoms. The van der Waals surface area contributed by atoms with Gasteiger partial charge in [0.15, 0.2) is 6.19 Å². The largest absolute Gasteiger partial charge is 0.309 e. The van der Waals surface area contributed by atoms with Gasteiger partial charge in [0.2, 0.25) is 0 Å². The summed E-state index contributed by atoms with van der Waals surface area (Å²) in [6.07, 6.45) is 2.12. The molecule has 0 aliphatic heterocycles. The Balaban J connectivity index is 2.96.